The third-order valence-corrected chi connectivity index (χ3v) is 4.32. The van der Waals surface area contributed by atoms with Crippen molar-refractivity contribution in [1.29, 1.82) is 0 Å². The Morgan fingerprint density at radius 2 is 1.59 bits per heavy atom. The van der Waals surface area contributed by atoms with Gasteiger partial charge in [0, 0.05) is 32.0 Å². The standard InChI is InChI=1S/C21H19N5O/c1-24(2)16-8-10-17(11-9-16)25-15-13-20(27)21(23-25)19-12-14-22-26(19)18-6-4-3-5-7-18/h3-15H,1-2H3. The van der Waals surface area contributed by atoms with Gasteiger partial charge in [0.1, 0.15) is 0 Å². The van der Waals surface area contributed by atoms with Gasteiger partial charge >= 0.3 is 0 Å². The number of anilines is 1. The summed E-state index contributed by atoms with van der Waals surface area (Å²) < 4.78 is 3.43. The number of benzene rings is 2. The van der Waals surface area contributed by atoms with Gasteiger partial charge in [-0.05, 0) is 42.5 Å². The van der Waals surface area contributed by atoms with E-state index in [1.807, 2.05) is 73.6 Å². The van der Waals surface area contributed by atoms with E-state index in [2.05, 4.69) is 10.2 Å². The van der Waals surface area contributed by atoms with Crippen LogP contribution in [0.15, 0.2) is 83.9 Å². The number of rotatable bonds is 4. The van der Waals surface area contributed by atoms with Crippen LogP contribution in [0.25, 0.3) is 22.8 Å². The number of hydrogen-bond donors (Lipinski definition) is 0. The highest BCUT2D eigenvalue weighted by molar-refractivity contribution is 5.57. The van der Waals surface area contributed by atoms with E-state index >= 15 is 0 Å². The highest BCUT2D eigenvalue weighted by Crippen LogP contribution is 2.19. The summed E-state index contributed by atoms with van der Waals surface area (Å²) in [5, 5.41) is 8.94. The fourth-order valence-corrected chi connectivity index (χ4v) is 2.89. The fourth-order valence-electron chi connectivity index (χ4n) is 2.89. The minimum Gasteiger partial charge on any atom is -0.378 e. The Balaban J connectivity index is 1.79. The molecule has 0 atom stereocenters. The van der Waals surface area contributed by atoms with Crippen LogP contribution in [0.4, 0.5) is 5.69 Å². The van der Waals surface area contributed by atoms with E-state index in [1.165, 1.54) is 6.07 Å². The van der Waals surface area contributed by atoms with Crippen LogP contribution < -0.4 is 10.3 Å². The molecule has 0 amide bonds. The molecule has 6 heteroatoms. The molecule has 0 aliphatic heterocycles. The molecule has 6 nitrogen and oxygen atoms in total. The Kier molecular flexibility index (Phi) is 4.30. The number of para-hydroxylation sites is 1. The molecule has 0 spiro atoms. The maximum atomic E-state index is 12.5. The van der Waals surface area contributed by atoms with Gasteiger partial charge < -0.3 is 4.90 Å². The first-order valence-electron chi connectivity index (χ1n) is 8.61. The van der Waals surface area contributed by atoms with Crippen LogP contribution in [0.1, 0.15) is 0 Å². The molecule has 2 heterocycles. The summed E-state index contributed by atoms with van der Waals surface area (Å²) in [6.07, 6.45) is 3.35. The lowest BCUT2D eigenvalue weighted by Crippen LogP contribution is -2.15. The lowest BCUT2D eigenvalue weighted by atomic mass is 10.2. The van der Waals surface area contributed by atoms with E-state index in [9.17, 15) is 4.79 Å². The summed E-state index contributed by atoms with van der Waals surface area (Å²) in [5.74, 6) is 0. The zero-order valence-electron chi connectivity index (χ0n) is 15.1. The third-order valence-electron chi connectivity index (χ3n) is 4.32. The van der Waals surface area contributed by atoms with Crippen LogP contribution in [0, 0.1) is 0 Å². The second-order valence-electron chi connectivity index (χ2n) is 6.35. The molecule has 0 N–H and O–H groups in total. The largest absolute Gasteiger partial charge is 0.378 e. The molecule has 0 unspecified atom stereocenters. The second-order valence-corrected chi connectivity index (χ2v) is 6.35. The molecular weight excluding hydrogens is 338 g/mol. The van der Waals surface area contributed by atoms with Crippen molar-refractivity contribution >= 4 is 5.69 Å². The predicted octanol–water partition coefficient (Wildman–Crippen LogP) is 3.15. The molecule has 134 valence electrons. The van der Waals surface area contributed by atoms with Gasteiger partial charge in [-0.3, -0.25) is 4.79 Å². The summed E-state index contributed by atoms with van der Waals surface area (Å²) in [7, 11) is 3.99. The summed E-state index contributed by atoms with van der Waals surface area (Å²) in [6.45, 7) is 0. The lowest BCUT2D eigenvalue weighted by Gasteiger charge is -2.13. The minimum absolute atomic E-state index is 0.145. The van der Waals surface area contributed by atoms with Crippen molar-refractivity contribution in [2.75, 3.05) is 19.0 Å². The van der Waals surface area contributed by atoms with Crippen LogP contribution in [0.2, 0.25) is 0 Å². The highest BCUT2D eigenvalue weighted by Gasteiger charge is 2.13. The van der Waals surface area contributed by atoms with E-state index in [1.54, 1.807) is 27.8 Å². The van der Waals surface area contributed by atoms with Gasteiger partial charge in [-0.25, -0.2) is 9.36 Å². The summed E-state index contributed by atoms with van der Waals surface area (Å²) in [6, 6.07) is 21.0. The van der Waals surface area contributed by atoms with Crippen LogP contribution in [0.5, 0.6) is 0 Å². The maximum absolute atomic E-state index is 12.5. The summed E-state index contributed by atoms with van der Waals surface area (Å²) in [5.41, 5.74) is 3.73. The summed E-state index contributed by atoms with van der Waals surface area (Å²) in [4.78, 5) is 14.5. The Morgan fingerprint density at radius 3 is 2.30 bits per heavy atom. The Labute approximate surface area is 156 Å². The number of aromatic nitrogens is 4. The third kappa shape index (κ3) is 3.25. The van der Waals surface area contributed by atoms with Gasteiger partial charge in [-0.2, -0.15) is 10.2 Å². The average molecular weight is 357 g/mol. The fraction of sp³-hybridized carbons (Fsp3) is 0.0952. The Hall–Kier alpha value is -3.67. The molecule has 27 heavy (non-hydrogen) atoms. The molecule has 4 rings (SSSR count). The molecule has 0 aliphatic carbocycles. The van der Waals surface area contributed by atoms with E-state index in [-0.39, 0.29) is 5.43 Å². The molecule has 0 fully saturated rings. The molecule has 0 bridgehead atoms. The minimum atomic E-state index is -0.145. The smallest absolute Gasteiger partial charge is 0.209 e. The molecule has 2 aromatic heterocycles. The van der Waals surface area contributed by atoms with Crippen LogP contribution in [-0.4, -0.2) is 33.7 Å². The molecule has 2 aromatic carbocycles. The monoisotopic (exact) mass is 357 g/mol. The van der Waals surface area contributed by atoms with Crippen molar-refractivity contribution in [2.45, 2.75) is 0 Å². The molecule has 0 saturated heterocycles. The van der Waals surface area contributed by atoms with Crippen LogP contribution in [-0.2, 0) is 0 Å². The molecular formula is C21H19N5O. The Bertz CT molecular complexity index is 1110. The number of hydrogen-bond acceptors (Lipinski definition) is 4. The van der Waals surface area contributed by atoms with Gasteiger partial charge in [-0.1, -0.05) is 18.2 Å². The number of nitrogens with zero attached hydrogens (tertiary/aromatic N) is 5. The molecule has 0 aliphatic rings. The normalized spacial score (nSPS) is 10.7. The van der Waals surface area contributed by atoms with Crippen LogP contribution in [0.3, 0.4) is 0 Å². The highest BCUT2D eigenvalue weighted by atomic mass is 16.1. The topological polar surface area (TPSA) is 56.0 Å². The molecule has 4 aromatic rings. The first-order valence-corrected chi connectivity index (χ1v) is 8.61. The zero-order valence-corrected chi connectivity index (χ0v) is 15.1. The van der Waals surface area contributed by atoms with Gasteiger partial charge in [-0.15, -0.1) is 0 Å². The van der Waals surface area contributed by atoms with Gasteiger partial charge in [0.15, 0.2) is 5.69 Å². The van der Waals surface area contributed by atoms with Crippen molar-refractivity contribution in [1.82, 2.24) is 19.6 Å². The van der Waals surface area contributed by atoms with E-state index in [0.717, 1.165) is 17.1 Å². The quantitative estimate of drug-likeness (QED) is 0.563. The molecule has 0 radical (unpaired) electrons. The van der Waals surface area contributed by atoms with E-state index < -0.39 is 0 Å². The predicted molar refractivity (Wildman–Crippen MR) is 107 cm³/mol. The second kappa shape index (κ2) is 6.92. The van der Waals surface area contributed by atoms with E-state index in [0.29, 0.717) is 11.4 Å². The van der Waals surface area contributed by atoms with Crippen molar-refractivity contribution in [2.24, 2.45) is 0 Å². The van der Waals surface area contributed by atoms with Gasteiger partial charge in [0.2, 0.25) is 5.43 Å². The average Bonchev–Trinajstić information content (AvgIpc) is 3.19. The van der Waals surface area contributed by atoms with E-state index in [4.69, 9.17) is 0 Å². The first-order chi connectivity index (χ1) is 13.1. The van der Waals surface area contributed by atoms with Crippen molar-refractivity contribution < 1.29 is 0 Å². The van der Waals surface area contributed by atoms with Crippen LogP contribution >= 0.6 is 0 Å². The first kappa shape index (κ1) is 16.8. The molecule has 0 saturated carbocycles. The summed E-state index contributed by atoms with van der Waals surface area (Å²) >= 11 is 0. The van der Waals surface area contributed by atoms with Crippen molar-refractivity contribution in [3.63, 3.8) is 0 Å². The van der Waals surface area contributed by atoms with Crippen molar-refractivity contribution in [3.05, 3.63) is 89.3 Å². The van der Waals surface area contributed by atoms with Gasteiger partial charge in [0.25, 0.3) is 0 Å². The Morgan fingerprint density at radius 1 is 0.852 bits per heavy atom. The zero-order chi connectivity index (χ0) is 18.8. The van der Waals surface area contributed by atoms with Gasteiger partial charge in [0.05, 0.1) is 23.3 Å². The SMILES string of the molecule is CN(C)c1ccc(-n2ccc(=O)c(-c3ccnn3-c3ccccc3)n2)cc1. The van der Waals surface area contributed by atoms with Crippen molar-refractivity contribution in [3.8, 4) is 22.8 Å². The lowest BCUT2D eigenvalue weighted by molar-refractivity contribution is 0.823. The maximum Gasteiger partial charge on any atom is 0.209 e.